The maximum atomic E-state index is 11.3. The molecule has 0 unspecified atom stereocenters. The minimum Gasteiger partial charge on any atom is -0.545 e. The van der Waals surface area contributed by atoms with Crippen molar-refractivity contribution in [2.45, 2.75) is 17.1 Å². The summed E-state index contributed by atoms with van der Waals surface area (Å²) in [6, 6.07) is 13.7. The highest BCUT2D eigenvalue weighted by Gasteiger charge is 2.18. The number of aromatic carboxylic acids is 1. The van der Waals surface area contributed by atoms with Crippen molar-refractivity contribution in [3.05, 3.63) is 70.8 Å². The van der Waals surface area contributed by atoms with Gasteiger partial charge in [0.1, 0.15) is 0 Å². The van der Waals surface area contributed by atoms with E-state index in [4.69, 9.17) is 0 Å². The maximum absolute atomic E-state index is 11.3. The van der Waals surface area contributed by atoms with Crippen LogP contribution in [-0.2, 0) is 5.75 Å². The van der Waals surface area contributed by atoms with E-state index in [-0.39, 0.29) is 5.56 Å². The Morgan fingerprint density at radius 1 is 1.21 bits per heavy atom. The number of carboxylic acids is 1. The van der Waals surface area contributed by atoms with Crippen LogP contribution < -0.4 is 10.0 Å². The van der Waals surface area contributed by atoms with E-state index in [2.05, 4.69) is 38.4 Å². The normalized spacial score (nSPS) is 15.0. The van der Waals surface area contributed by atoms with Gasteiger partial charge in [-0.25, -0.2) is 0 Å². The summed E-state index contributed by atoms with van der Waals surface area (Å²) in [5.41, 5.74) is 4.75. The third-order valence-corrected chi connectivity index (χ3v) is 5.31. The average Bonchev–Trinajstić information content (AvgIpc) is 2.71. The number of hydrogen-bond donors (Lipinski definition) is 1. The van der Waals surface area contributed by atoms with Gasteiger partial charge in [0.15, 0.2) is 0 Å². The van der Waals surface area contributed by atoms with Crippen molar-refractivity contribution >= 4 is 23.3 Å². The molecule has 0 aliphatic carbocycles. The van der Waals surface area contributed by atoms with Crippen molar-refractivity contribution in [3.63, 3.8) is 0 Å². The number of carboxylic acid groups (broad SMARTS) is 1. The van der Waals surface area contributed by atoms with Gasteiger partial charge in [0, 0.05) is 17.1 Å². The molecular weight excluding hydrogens is 318 g/mol. The summed E-state index contributed by atoms with van der Waals surface area (Å²) in [4.78, 5) is 13.9. The summed E-state index contributed by atoms with van der Waals surface area (Å²) in [6.45, 7) is 1.04. The number of thioether (sulfide) groups is 1. The second-order valence-electron chi connectivity index (χ2n) is 6.31. The van der Waals surface area contributed by atoms with E-state index in [9.17, 15) is 9.90 Å². The van der Waals surface area contributed by atoms with Gasteiger partial charge in [-0.2, -0.15) is 0 Å². The summed E-state index contributed by atoms with van der Waals surface area (Å²) in [7, 11) is 4.27. The van der Waals surface area contributed by atoms with Crippen molar-refractivity contribution < 1.29 is 14.8 Å². The minimum absolute atomic E-state index is 0.238. The Morgan fingerprint density at radius 2 is 2.00 bits per heavy atom. The molecule has 0 spiro atoms. The average molecular weight is 339 g/mol. The van der Waals surface area contributed by atoms with Gasteiger partial charge in [0.25, 0.3) is 0 Å². The summed E-state index contributed by atoms with van der Waals surface area (Å²) in [5, 5.41) is 11.3. The van der Waals surface area contributed by atoms with Gasteiger partial charge in [0.05, 0.1) is 26.6 Å². The van der Waals surface area contributed by atoms with Crippen LogP contribution in [0.5, 0.6) is 0 Å². The third-order valence-electron chi connectivity index (χ3n) is 4.19. The zero-order valence-corrected chi connectivity index (χ0v) is 14.8. The van der Waals surface area contributed by atoms with Crippen molar-refractivity contribution in [3.8, 4) is 0 Å². The molecule has 1 N–H and O–H groups in total. The van der Waals surface area contributed by atoms with Crippen LogP contribution >= 0.6 is 11.8 Å². The fourth-order valence-corrected chi connectivity index (χ4v) is 3.99. The van der Waals surface area contributed by atoms with Crippen molar-refractivity contribution in [1.82, 2.24) is 0 Å². The predicted molar refractivity (Wildman–Crippen MR) is 96.1 cm³/mol. The molecule has 0 aromatic heterocycles. The number of hydrogen-bond acceptors (Lipinski definition) is 3. The topological polar surface area (TPSA) is 44.6 Å². The van der Waals surface area contributed by atoms with Gasteiger partial charge in [-0.05, 0) is 40.0 Å². The number of carbonyl (C=O) groups excluding carboxylic acids is 1. The summed E-state index contributed by atoms with van der Waals surface area (Å²) in [5.74, 6) is -0.282. The molecule has 1 aliphatic heterocycles. The number of nitrogens with one attached hydrogen (secondary N) is 1. The molecule has 3 nitrogen and oxygen atoms in total. The van der Waals surface area contributed by atoms with Crippen LogP contribution in [0.2, 0.25) is 0 Å². The van der Waals surface area contributed by atoms with Crippen LogP contribution in [0.3, 0.4) is 0 Å². The molecular formula is C20H21NO2S. The van der Waals surface area contributed by atoms with Crippen LogP contribution in [0.4, 0.5) is 0 Å². The van der Waals surface area contributed by atoms with E-state index in [0.717, 1.165) is 29.9 Å². The zero-order valence-electron chi connectivity index (χ0n) is 14.0. The molecule has 2 aromatic carbocycles. The van der Waals surface area contributed by atoms with Gasteiger partial charge in [-0.15, -0.1) is 11.8 Å². The number of carbonyl (C=O) groups is 1. The number of benzene rings is 2. The zero-order chi connectivity index (χ0) is 17.1. The van der Waals surface area contributed by atoms with Gasteiger partial charge >= 0.3 is 0 Å². The number of quaternary nitrogens is 1. The molecule has 24 heavy (non-hydrogen) atoms. The highest BCUT2D eigenvalue weighted by Crippen LogP contribution is 2.40. The standard InChI is InChI=1S/C20H21NO2S/c1-21(2)11-5-7-16-17-6-3-4-8-19(17)24-13-15-10-9-14(20(22)23)12-18(15)16/h3-4,6-10,12H,5,11,13H2,1-2H3,(H,22,23)/b16-7-. The molecule has 0 fully saturated rings. The lowest BCUT2D eigenvalue weighted by atomic mass is 9.92. The second-order valence-corrected chi connectivity index (χ2v) is 7.32. The second kappa shape index (κ2) is 7.24. The molecule has 124 valence electrons. The number of fused-ring (bicyclic) bond motifs is 2. The molecule has 4 heteroatoms. The van der Waals surface area contributed by atoms with Crippen LogP contribution in [0.15, 0.2) is 53.4 Å². The Balaban J connectivity index is 2.13. The first kappa shape index (κ1) is 16.8. The van der Waals surface area contributed by atoms with E-state index in [1.54, 1.807) is 23.9 Å². The first-order valence-electron chi connectivity index (χ1n) is 8.12. The van der Waals surface area contributed by atoms with E-state index in [1.807, 2.05) is 12.1 Å². The van der Waals surface area contributed by atoms with Crippen molar-refractivity contribution in [2.75, 3.05) is 20.6 Å². The quantitative estimate of drug-likeness (QED) is 0.921. The minimum atomic E-state index is -1.12. The first-order valence-corrected chi connectivity index (χ1v) is 9.11. The van der Waals surface area contributed by atoms with Gasteiger partial charge < -0.3 is 14.8 Å². The highest BCUT2D eigenvalue weighted by atomic mass is 32.2. The van der Waals surface area contributed by atoms with Crippen LogP contribution in [0, 0.1) is 0 Å². The van der Waals surface area contributed by atoms with Crippen LogP contribution in [-0.4, -0.2) is 26.6 Å². The molecule has 0 atom stereocenters. The summed E-state index contributed by atoms with van der Waals surface area (Å²) in [6.07, 6.45) is 3.20. The van der Waals surface area contributed by atoms with E-state index >= 15 is 0 Å². The molecule has 1 heterocycles. The Hall–Kier alpha value is -2.04. The molecule has 0 radical (unpaired) electrons. The Labute approximate surface area is 147 Å². The molecule has 3 rings (SSSR count). The molecule has 1 aliphatic rings. The predicted octanol–water partition coefficient (Wildman–Crippen LogP) is 1.62. The lowest BCUT2D eigenvalue weighted by molar-refractivity contribution is -0.857. The first-order chi connectivity index (χ1) is 11.6. The van der Waals surface area contributed by atoms with E-state index in [1.165, 1.54) is 20.9 Å². The highest BCUT2D eigenvalue weighted by molar-refractivity contribution is 7.98. The lowest BCUT2D eigenvalue weighted by Crippen LogP contribution is -3.05. The van der Waals surface area contributed by atoms with Crippen LogP contribution in [0.1, 0.15) is 33.5 Å². The SMILES string of the molecule is C[NH+](C)CC/C=C1\c2cc(C(=O)[O-])ccc2CSc2ccccc21. The molecule has 0 saturated carbocycles. The summed E-state index contributed by atoms with van der Waals surface area (Å²) >= 11 is 1.80. The fourth-order valence-electron chi connectivity index (χ4n) is 2.92. The Morgan fingerprint density at radius 3 is 2.75 bits per heavy atom. The largest absolute Gasteiger partial charge is 0.545 e. The van der Waals surface area contributed by atoms with Crippen LogP contribution in [0.25, 0.3) is 5.57 Å². The monoisotopic (exact) mass is 339 g/mol. The third kappa shape index (κ3) is 3.55. The fraction of sp³-hybridized carbons (Fsp3) is 0.250. The van der Waals surface area contributed by atoms with Gasteiger partial charge in [0.2, 0.25) is 0 Å². The molecule has 0 bridgehead atoms. The summed E-state index contributed by atoms with van der Waals surface area (Å²) < 4.78 is 0. The van der Waals surface area contributed by atoms with E-state index in [0.29, 0.717) is 0 Å². The van der Waals surface area contributed by atoms with Gasteiger partial charge in [-0.3, -0.25) is 0 Å². The van der Waals surface area contributed by atoms with Crippen molar-refractivity contribution in [2.24, 2.45) is 0 Å². The smallest absolute Gasteiger partial charge is 0.0802 e. The maximum Gasteiger partial charge on any atom is 0.0802 e. The van der Waals surface area contributed by atoms with Crippen molar-refractivity contribution in [1.29, 1.82) is 0 Å². The Kier molecular flexibility index (Phi) is 5.07. The van der Waals surface area contributed by atoms with Gasteiger partial charge in [-0.1, -0.05) is 36.4 Å². The molecule has 0 saturated heterocycles. The lowest BCUT2D eigenvalue weighted by Gasteiger charge is -2.14. The molecule has 0 amide bonds. The molecule has 2 aromatic rings. The number of rotatable bonds is 4. The van der Waals surface area contributed by atoms with E-state index < -0.39 is 5.97 Å². The Bertz CT molecular complexity index is 796.